The Hall–Kier alpha value is -3.01. The molecular weight excluding hydrogens is 605 g/mol. The van der Waals surface area contributed by atoms with Crippen molar-refractivity contribution in [3.63, 3.8) is 0 Å². The standard InChI is InChI=1S/C32H50N6O5Si2/c1-41-29-18-23(10-11-33-29)27-20-34-38-30(36(21-42-12-14-44(2,3)4)22-43-13-15-45(5,6)7)19-28(35-31(27)38)24-16-25-8-9-26(17-24)37(25)32(39)40/h10-11,18-20,24-26H,8-9,12-17,21-22H2,1-7H3,(H,39,40)/t24-,25-,26+. The summed E-state index contributed by atoms with van der Waals surface area (Å²) in [5, 5.41) is 14.7. The van der Waals surface area contributed by atoms with E-state index < -0.39 is 22.2 Å². The van der Waals surface area contributed by atoms with Gasteiger partial charge in [0.1, 0.15) is 19.3 Å². The summed E-state index contributed by atoms with van der Waals surface area (Å²) in [4.78, 5) is 25.3. The molecule has 1 N–H and O–H groups in total. The van der Waals surface area contributed by atoms with E-state index in [1.54, 1.807) is 18.2 Å². The summed E-state index contributed by atoms with van der Waals surface area (Å²) in [5.74, 6) is 1.52. The summed E-state index contributed by atoms with van der Waals surface area (Å²) in [6.07, 6.45) is 6.09. The summed E-state index contributed by atoms with van der Waals surface area (Å²) in [5.41, 5.74) is 3.48. The first-order chi connectivity index (χ1) is 21.3. The van der Waals surface area contributed by atoms with Gasteiger partial charge in [-0.15, -0.1) is 0 Å². The molecule has 0 aliphatic carbocycles. The van der Waals surface area contributed by atoms with Crippen molar-refractivity contribution in [2.24, 2.45) is 0 Å². The maximum Gasteiger partial charge on any atom is 0.407 e. The predicted octanol–water partition coefficient (Wildman–Crippen LogP) is 6.62. The molecule has 3 aromatic rings. The molecule has 0 spiro atoms. The average Bonchev–Trinajstić information content (AvgIpc) is 3.53. The zero-order valence-corrected chi connectivity index (χ0v) is 30.0. The van der Waals surface area contributed by atoms with E-state index in [1.165, 1.54) is 0 Å². The number of piperidine rings is 1. The number of hydrogen-bond donors (Lipinski definition) is 1. The fourth-order valence-electron chi connectivity index (χ4n) is 6.30. The number of amides is 1. The van der Waals surface area contributed by atoms with Gasteiger partial charge < -0.3 is 29.1 Å². The lowest BCUT2D eigenvalue weighted by Crippen LogP contribution is -2.45. The fourth-order valence-corrected chi connectivity index (χ4v) is 7.81. The van der Waals surface area contributed by atoms with Crippen molar-refractivity contribution in [3.05, 3.63) is 36.3 Å². The van der Waals surface area contributed by atoms with Crippen molar-refractivity contribution in [2.75, 3.05) is 38.7 Å². The first-order valence-electron chi connectivity index (χ1n) is 16.1. The van der Waals surface area contributed by atoms with Gasteiger partial charge in [0.2, 0.25) is 5.88 Å². The third-order valence-electron chi connectivity index (χ3n) is 8.91. The zero-order chi connectivity index (χ0) is 32.4. The summed E-state index contributed by atoms with van der Waals surface area (Å²) < 4.78 is 19.9. The van der Waals surface area contributed by atoms with Crippen molar-refractivity contribution < 1.29 is 24.1 Å². The third kappa shape index (κ3) is 8.24. The molecule has 13 heteroatoms. The average molecular weight is 655 g/mol. The highest BCUT2D eigenvalue weighted by Gasteiger charge is 2.44. The topological polar surface area (TPSA) is 115 Å². The molecule has 11 nitrogen and oxygen atoms in total. The maximum absolute atomic E-state index is 12.0. The summed E-state index contributed by atoms with van der Waals surface area (Å²) in [6, 6.07) is 8.16. The van der Waals surface area contributed by atoms with Crippen LogP contribution in [-0.2, 0) is 9.47 Å². The molecule has 0 aromatic carbocycles. The number of pyridine rings is 1. The van der Waals surface area contributed by atoms with E-state index in [2.05, 4.69) is 55.2 Å². The molecule has 0 saturated carbocycles. The molecule has 3 aromatic heterocycles. The number of carbonyl (C=O) groups is 1. The van der Waals surface area contributed by atoms with Crippen LogP contribution in [0.25, 0.3) is 16.8 Å². The smallest absolute Gasteiger partial charge is 0.407 e. The van der Waals surface area contributed by atoms with Gasteiger partial charge in [-0.25, -0.2) is 14.8 Å². The Labute approximate surface area is 268 Å². The van der Waals surface area contributed by atoms with Crippen LogP contribution < -0.4 is 9.64 Å². The first-order valence-corrected chi connectivity index (χ1v) is 23.6. The Morgan fingerprint density at radius 1 is 1.00 bits per heavy atom. The van der Waals surface area contributed by atoms with Crippen molar-refractivity contribution >= 4 is 33.7 Å². The fraction of sp³-hybridized carbons (Fsp3) is 0.625. The molecule has 5 rings (SSSR count). The number of rotatable bonds is 14. The van der Waals surface area contributed by atoms with Crippen LogP contribution in [0, 0.1) is 0 Å². The minimum absolute atomic E-state index is 0.0208. The second-order valence-corrected chi connectivity index (χ2v) is 26.1. The molecule has 2 aliphatic rings. The largest absolute Gasteiger partial charge is 0.481 e. The van der Waals surface area contributed by atoms with E-state index in [-0.39, 0.29) is 18.0 Å². The normalized spacial score (nSPS) is 20.2. The van der Waals surface area contributed by atoms with Gasteiger partial charge in [0.15, 0.2) is 5.65 Å². The van der Waals surface area contributed by atoms with Gasteiger partial charge in [-0.3, -0.25) is 0 Å². The molecule has 3 atom stereocenters. The van der Waals surface area contributed by atoms with Crippen molar-refractivity contribution in [1.82, 2.24) is 24.5 Å². The molecule has 45 heavy (non-hydrogen) atoms. The highest BCUT2D eigenvalue weighted by atomic mass is 28.3. The van der Waals surface area contributed by atoms with Crippen LogP contribution in [0.15, 0.2) is 30.6 Å². The number of aromatic nitrogens is 4. The minimum atomic E-state index is -1.26. The number of anilines is 1. The Balaban J connectivity index is 1.53. The molecule has 2 saturated heterocycles. The van der Waals surface area contributed by atoms with Crippen LogP contribution in [0.2, 0.25) is 51.4 Å². The van der Waals surface area contributed by atoms with E-state index >= 15 is 0 Å². The molecule has 0 unspecified atom stereocenters. The Bertz CT molecular complexity index is 1440. The Kier molecular flexibility index (Phi) is 10.2. The summed E-state index contributed by atoms with van der Waals surface area (Å²) in [7, 11) is -0.908. The molecule has 2 bridgehead atoms. The van der Waals surface area contributed by atoms with E-state index in [0.717, 1.165) is 66.1 Å². The number of carboxylic acid groups (broad SMARTS) is 1. The lowest BCUT2D eigenvalue weighted by molar-refractivity contribution is 0.0934. The number of hydrogen-bond acceptors (Lipinski definition) is 8. The minimum Gasteiger partial charge on any atom is -0.481 e. The van der Waals surface area contributed by atoms with Gasteiger partial charge >= 0.3 is 6.09 Å². The van der Waals surface area contributed by atoms with E-state index in [0.29, 0.717) is 32.6 Å². The number of nitrogens with zero attached hydrogens (tertiary/aromatic N) is 6. The second kappa shape index (κ2) is 13.8. The highest BCUT2D eigenvalue weighted by molar-refractivity contribution is 6.76. The van der Waals surface area contributed by atoms with Gasteiger partial charge in [0.05, 0.1) is 13.3 Å². The molecule has 0 radical (unpaired) electrons. The summed E-state index contributed by atoms with van der Waals surface area (Å²) >= 11 is 0. The van der Waals surface area contributed by atoms with Gasteiger partial charge in [-0.05, 0) is 49.4 Å². The molecule has 246 valence electrons. The SMILES string of the molecule is COc1cc(-c2cnn3c(N(COCC[Si](C)(C)C)COCC[Si](C)(C)C)cc([C@@H]4C[C@H]5CC[C@@H](C4)N5C(=O)O)nc23)ccn1. The molecule has 2 fully saturated rings. The molecule has 2 aliphatic heterocycles. The first kappa shape index (κ1) is 33.4. The number of fused-ring (bicyclic) bond motifs is 3. The predicted molar refractivity (Wildman–Crippen MR) is 182 cm³/mol. The van der Waals surface area contributed by atoms with Gasteiger partial charge in [0.25, 0.3) is 0 Å². The third-order valence-corrected chi connectivity index (χ3v) is 12.3. The lowest BCUT2D eigenvalue weighted by atomic mass is 9.88. The highest BCUT2D eigenvalue weighted by Crippen LogP contribution is 2.43. The maximum atomic E-state index is 12.0. The van der Waals surface area contributed by atoms with E-state index in [4.69, 9.17) is 24.3 Å². The zero-order valence-electron chi connectivity index (χ0n) is 28.0. The number of ether oxygens (including phenoxy) is 3. The van der Waals surface area contributed by atoms with E-state index in [9.17, 15) is 9.90 Å². The Morgan fingerprint density at radius 3 is 2.18 bits per heavy atom. The van der Waals surface area contributed by atoms with Crippen molar-refractivity contribution in [2.45, 2.75) is 95.1 Å². The second-order valence-electron chi connectivity index (χ2n) is 14.9. The van der Waals surface area contributed by atoms with Gasteiger partial charge in [-0.2, -0.15) is 9.61 Å². The van der Waals surface area contributed by atoms with Crippen molar-refractivity contribution in [3.8, 4) is 17.0 Å². The van der Waals surface area contributed by atoms with Crippen LogP contribution in [-0.4, -0.2) is 97.7 Å². The van der Waals surface area contributed by atoms with Crippen LogP contribution in [0.5, 0.6) is 5.88 Å². The van der Waals surface area contributed by atoms with Crippen LogP contribution in [0.4, 0.5) is 10.6 Å². The summed E-state index contributed by atoms with van der Waals surface area (Å²) in [6.45, 7) is 16.3. The van der Waals surface area contributed by atoms with Gasteiger partial charge in [0, 0.05) is 77.0 Å². The van der Waals surface area contributed by atoms with Crippen LogP contribution in [0.1, 0.15) is 37.3 Å². The number of methoxy groups -OCH3 is 1. The Morgan fingerprint density at radius 2 is 1.62 bits per heavy atom. The monoisotopic (exact) mass is 654 g/mol. The van der Waals surface area contributed by atoms with Crippen molar-refractivity contribution in [1.29, 1.82) is 0 Å². The molecule has 1 amide bonds. The van der Waals surface area contributed by atoms with Crippen LogP contribution in [0.3, 0.4) is 0 Å². The van der Waals surface area contributed by atoms with E-state index in [1.807, 2.05) is 22.8 Å². The molecule has 5 heterocycles. The van der Waals surface area contributed by atoms with Crippen LogP contribution >= 0.6 is 0 Å². The lowest BCUT2D eigenvalue weighted by Gasteiger charge is -2.37. The van der Waals surface area contributed by atoms with Gasteiger partial charge in [-0.1, -0.05) is 39.3 Å². The quantitative estimate of drug-likeness (QED) is 0.116. The molecular formula is C32H50N6O5Si2.